The third-order valence-electron chi connectivity index (χ3n) is 8.94. The van der Waals surface area contributed by atoms with Crippen molar-refractivity contribution in [2.75, 3.05) is 0 Å². The van der Waals surface area contributed by atoms with E-state index < -0.39 is 20.8 Å². The molecule has 0 N–H and O–H groups in total. The van der Waals surface area contributed by atoms with E-state index in [1.54, 1.807) is 0 Å². The molecule has 0 atom stereocenters. The minimum atomic E-state index is -0.826. The average Bonchev–Trinajstić information content (AvgIpc) is 3.83. The molecule has 0 unspecified atom stereocenters. The SMILES string of the molecule is Cc1cc2c(-c3ccccc3)c(C)ccc2[cH-]1.Cc1cc2c(-c3ccccc3)c(C)ccc2[cH-]1.[Cl][Zr][Cl].[c-]1cccc2c1[Si]c1ccccc1-2. The third kappa shape index (κ3) is 8.22. The molecule has 1 heterocycles. The molecule has 1 aliphatic heterocycles. The van der Waals surface area contributed by atoms with Crippen LogP contribution in [0.3, 0.4) is 0 Å². The topological polar surface area (TPSA) is 0 Å². The predicted octanol–water partition coefficient (Wildman–Crippen LogP) is 12.2. The molecule has 8 aromatic rings. The van der Waals surface area contributed by atoms with Crippen LogP contribution in [0.5, 0.6) is 0 Å². The molecule has 50 heavy (non-hydrogen) atoms. The number of hydrogen-bond donors (Lipinski definition) is 0. The number of benzene rings is 6. The van der Waals surface area contributed by atoms with Crippen molar-refractivity contribution < 1.29 is 20.8 Å². The Kier molecular flexibility index (Phi) is 12.2. The first-order valence-corrected chi connectivity index (χ1v) is 24.0. The molecule has 0 saturated carbocycles. The van der Waals surface area contributed by atoms with Gasteiger partial charge < -0.3 is 0 Å². The zero-order valence-electron chi connectivity index (χ0n) is 28.7. The van der Waals surface area contributed by atoms with Crippen molar-refractivity contribution >= 4 is 58.5 Å². The molecule has 4 heteroatoms. The van der Waals surface area contributed by atoms with E-state index in [9.17, 15) is 0 Å². The molecule has 0 saturated heterocycles. The molecule has 2 radical (unpaired) electrons. The fourth-order valence-electron chi connectivity index (χ4n) is 6.78. The first kappa shape index (κ1) is 36.0. The standard InChI is InChI=1S/2C17H15.C12H7Si.2ClH.Zr/c2*1-12-10-15-9-8-13(2)17(16(15)11-12)14-6-4-3-5-7-14;1-3-7-11-9(5-1)10-6-2-4-8-12(10)13-11;;;/h2*3-11H,1-2H3;1-7H;2*1H;/q3*-1;;;+2/p-2. The summed E-state index contributed by atoms with van der Waals surface area (Å²) >= 11 is -0.826. The molecule has 0 spiro atoms. The fraction of sp³-hybridized carbons (Fsp3) is 0.0870. The van der Waals surface area contributed by atoms with Crippen LogP contribution in [0.15, 0.2) is 152 Å². The van der Waals surface area contributed by atoms with Gasteiger partial charge in [0.2, 0.25) is 0 Å². The zero-order valence-corrected chi connectivity index (χ0v) is 33.7. The fourth-order valence-corrected chi connectivity index (χ4v) is 8.09. The molecule has 0 amide bonds. The van der Waals surface area contributed by atoms with Crippen molar-refractivity contribution in [1.82, 2.24) is 0 Å². The maximum atomic E-state index is 4.93. The van der Waals surface area contributed by atoms with E-state index in [1.165, 1.54) is 87.6 Å². The van der Waals surface area contributed by atoms with Crippen LogP contribution in [0, 0.1) is 33.8 Å². The molecular formula is C46H37Cl2SiZr-3. The molecular weight excluding hydrogens is 743 g/mol. The van der Waals surface area contributed by atoms with E-state index in [2.05, 4.69) is 179 Å². The van der Waals surface area contributed by atoms with Gasteiger partial charge in [0.15, 0.2) is 0 Å². The second kappa shape index (κ2) is 17.0. The number of fused-ring (bicyclic) bond motifs is 5. The van der Waals surface area contributed by atoms with Gasteiger partial charge in [0.25, 0.3) is 0 Å². The Morgan fingerprint density at radius 3 is 1.52 bits per heavy atom. The van der Waals surface area contributed by atoms with Crippen LogP contribution < -0.4 is 10.4 Å². The van der Waals surface area contributed by atoms with Crippen molar-refractivity contribution in [3.05, 3.63) is 180 Å². The Hall–Kier alpha value is -3.78. The van der Waals surface area contributed by atoms with Gasteiger partial charge >= 0.3 is 37.9 Å². The Balaban J connectivity index is 0.000000126. The molecule has 8 aromatic carbocycles. The minimum absolute atomic E-state index is 0.795. The second-order valence-electron chi connectivity index (χ2n) is 12.5. The van der Waals surface area contributed by atoms with Crippen LogP contribution in [0.2, 0.25) is 0 Å². The summed E-state index contributed by atoms with van der Waals surface area (Å²) in [6.45, 7) is 8.68. The normalized spacial score (nSPS) is 10.9. The van der Waals surface area contributed by atoms with Crippen LogP contribution in [0.4, 0.5) is 0 Å². The number of halogens is 2. The van der Waals surface area contributed by atoms with Crippen molar-refractivity contribution in [2.24, 2.45) is 0 Å². The van der Waals surface area contributed by atoms with Gasteiger partial charge in [-0.2, -0.15) is 41.6 Å². The van der Waals surface area contributed by atoms with Gasteiger partial charge in [0, 0.05) is 0 Å². The first-order chi connectivity index (χ1) is 24.4. The maximum absolute atomic E-state index is 4.93. The van der Waals surface area contributed by atoms with Crippen molar-refractivity contribution in [2.45, 2.75) is 27.7 Å². The molecule has 0 fully saturated rings. The van der Waals surface area contributed by atoms with E-state index in [-0.39, 0.29) is 0 Å². The number of aryl methyl sites for hydroxylation is 4. The van der Waals surface area contributed by atoms with Crippen LogP contribution in [-0.2, 0) is 20.8 Å². The number of hydrogen-bond acceptors (Lipinski definition) is 0. The molecule has 0 aromatic heterocycles. The Morgan fingerprint density at radius 1 is 0.540 bits per heavy atom. The minimum Gasteiger partial charge on any atom is -0.184 e. The van der Waals surface area contributed by atoms with Crippen LogP contribution in [-0.4, -0.2) is 9.52 Å². The van der Waals surface area contributed by atoms with Gasteiger partial charge in [0.1, 0.15) is 0 Å². The number of rotatable bonds is 2. The van der Waals surface area contributed by atoms with Crippen molar-refractivity contribution in [3.63, 3.8) is 0 Å². The van der Waals surface area contributed by atoms with E-state index >= 15 is 0 Å². The van der Waals surface area contributed by atoms with Gasteiger partial charge in [-0.15, -0.1) is 74.6 Å². The first-order valence-electron chi connectivity index (χ1n) is 16.7. The zero-order chi connectivity index (χ0) is 35.0. The maximum Gasteiger partial charge on any atom is 0.0920 e. The Labute approximate surface area is 318 Å². The van der Waals surface area contributed by atoms with Crippen LogP contribution in [0.25, 0.3) is 54.9 Å². The van der Waals surface area contributed by atoms with E-state index in [0.29, 0.717) is 0 Å². The molecule has 246 valence electrons. The summed E-state index contributed by atoms with van der Waals surface area (Å²) in [6, 6.07) is 57.4. The monoisotopic (exact) mass is 777 g/mol. The Bertz CT molecular complexity index is 2170. The van der Waals surface area contributed by atoms with E-state index in [0.717, 1.165) is 9.52 Å². The Morgan fingerprint density at radius 2 is 1.00 bits per heavy atom. The summed E-state index contributed by atoms with van der Waals surface area (Å²) < 4.78 is 0. The van der Waals surface area contributed by atoms with Crippen molar-refractivity contribution in [3.8, 4) is 33.4 Å². The van der Waals surface area contributed by atoms with Gasteiger partial charge in [-0.05, 0) is 25.0 Å². The quantitative estimate of drug-likeness (QED) is 0.121. The molecule has 9 rings (SSSR count). The van der Waals surface area contributed by atoms with Crippen molar-refractivity contribution in [1.29, 1.82) is 0 Å². The second-order valence-corrected chi connectivity index (χ2v) is 17.5. The molecule has 0 aliphatic carbocycles. The average molecular weight is 780 g/mol. The largest absolute Gasteiger partial charge is 0.184 e. The summed E-state index contributed by atoms with van der Waals surface area (Å²) in [5, 5.41) is 8.24. The van der Waals surface area contributed by atoms with Crippen LogP contribution in [0.1, 0.15) is 22.3 Å². The summed E-state index contributed by atoms with van der Waals surface area (Å²) in [7, 11) is 10.7. The van der Waals surface area contributed by atoms with Gasteiger partial charge in [0.05, 0.1) is 9.52 Å². The summed E-state index contributed by atoms with van der Waals surface area (Å²) in [6.07, 6.45) is 0. The van der Waals surface area contributed by atoms with Gasteiger partial charge in [-0.25, -0.2) is 0 Å². The van der Waals surface area contributed by atoms with Gasteiger partial charge in [-0.3, -0.25) is 0 Å². The summed E-state index contributed by atoms with van der Waals surface area (Å²) in [4.78, 5) is 0. The molecule has 0 nitrogen and oxygen atoms in total. The predicted molar refractivity (Wildman–Crippen MR) is 216 cm³/mol. The van der Waals surface area contributed by atoms with E-state index in [4.69, 9.17) is 17.0 Å². The summed E-state index contributed by atoms with van der Waals surface area (Å²) in [5.41, 5.74) is 13.5. The van der Waals surface area contributed by atoms with Gasteiger partial charge in [-0.1, -0.05) is 132 Å². The van der Waals surface area contributed by atoms with Crippen LogP contribution >= 0.6 is 17.0 Å². The molecule has 1 aliphatic rings. The van der Waals surface area contributed by atoms with E-state index in [1.807, 2.05) is 6.07 Å². The summed E-state index contributed by atoms with van der Waals surface area (Å²) in [5.74, 6) is 0. The molecule has 0 bridgehead atoms. The smallest absolute Gasteiger partial charge is 0.0920 e. The third-order valence-corrected chi connectivity index (χ3v) is 10.3.